The third-order valence-corrected chi connectivity index (χ3v) is 6.79. The zero-order valence-electron chi connectivity index (χ0n) is 14.2. The maximum Gasteiger partial charge on any atom is 0.308 e. The molecule has 4 heteroatoms. The zero-order chi connectivity index (χ0) is 17.1. The van der Waals surface area contributed by atoms with Crippen LogP contribution < -0.4 is 4.74 Å². The SMILES string of the molecule is CC(=O)Oc1ccc2c(c1)C(=O)CC1C2CC[C@@]2(C)C1CC[C@@H]2O. The molecule has 0 radical (unpaired) electrons. The van der Waals surface area contributed by atoms with Gasteiger partial charge in [0.2, 0.25) is 0 Å². The monoisotopic (exact) mass is 328 g/mol. The predicted molar refractivity (Wildman–Crippen MR) is 89.0 cm³/mol. The molecule has 3 aliphatic carbocycles. The van der Waals surface area contributed by atoms with E-state index in [2.05, 4.69) is 6.92 Å². The van der Waals surface area contributed by atoms with Crippen LogP contribution in [-0.2, 0) is 4.79 Å². The lowest BCUT2D eigenvalue weighted by Crippen LogP contribution is -2.44. The summed E-state index contributed by atoms with van der Waals surface area (Å²) in [6.45, 7) is 3.57. The molecule has 0 saturated heterocycles. The molecule has 0 aliphatic heterocycles. The van der Waals surface area contributed by atoms with E-state index < -0.39 is 0 Å². The maximum atomic E-state index is 12.7. The maximum absolute atomic E-state index is 12.7. The number of benzene rings is 1. The quantitative estimate of drug-likeness (QED) is 0.633. The van der Waals surface area contributed by atoms with Crippen LogP contribution in [0.4, 0.5) is 0 Å². The number of esters is 1. The van der Waals surface area contributed by atoms with Crippen LogP contribution in [0.15, 0.2) is 18.2 Å². The van der Waals surface area contributed by atoms with E-state index in [-0.39, 0.29) is 23.3 Å². The average Bonchev–Trinajstić information content (AvgIpc) is 2.83. The van der Waals surface area contributed by atoms with Crippen LogP contribution in [0.3, 0.4) is 0 Å². The summed E-state index contributed by atoms with van der Waals surface area (Å²) in [5.74, 6) is 1.37. The number of hydrogen-bond acceptors (Lipinski definition) is 4. The van der Waals surface area contributed by atoms with Crippen molar-refractivity contribution in [3.63, 3.8) is 0 Å². The minimum atomic E-state index is -0.371. The summed E-state index contributed by atoms with van der Waals surface area (Å²) < 4.78 is 5.14. The van der Waals surface area contributed by atoms with Crippen molar-refractivity contribution in [2.24, 2.45) is 17.3 Å². The highest BCUT2D eigenvalue weighted by molar-refractivity contribution is 5.99. The van der Waals surface area contributed by atoms with E-state index in [9.17, 15) is 14.7 Å². The summed E-state index contributed by atoms with van der Waals surface area (Å²) in [7, 11) is 0. The number of carbonyl (C=O) groups is 2. The number of ether oxygens (including phenoxy) is 1. The Kier molecular flexibility index (Phi) is 3.57. The molecule has 128 valence electrons. The fraction of sp³-hybridized carbons (Fsp3) is 0.600. The highest BCUT2D eigenvalue weighted by Gasteiger charge is 2.55. The van der Waals surface area contributed by atoms with Crippen molar-refractivity contribution in [3.05, 3.63) is 29.3 Å². The van der Waals surface area contributed by atoms with Gasteiger partial charge in [-0.05, 0) is 66.5 Å². The van der Waals surface area contributed by atoms with Crippen molar-refractivity contribution < 1.29 is 19.4 Å². The van der Waals surface area contributed by atoms with Gasteiger partial charge >= 0.3 is 5.97 Å². The summed E-state index contributed by atoms with van der Waals surface area (Å²) in [4.78, 5) is 23.9. The second kappa shape index (κ2) is 5.41. The Balaban J connectivity index is 1.70. The fourth-order valence-corrected chi connectivity index (χ4v) is 5.58. The van der Waals surface area contributed by atoms with Gasteiger partial charge in [0, 0.05) is 18.9 Å². The molecule has 2 fully saturated rings. The molecule has 5 atom stereocenters. The average molecular weight is 328 g/mol. The van der Waals surface area contributed by atoms with Gasteiger partial charge in [-0.15, -0.1) is 0 Å². The first-order valence-corrected chi connectivity index (χ1v) is 8.94. The van der Waals surface area contributed by atoms with Gasteiger partial charge in [-0.3, -0.25) is 9.59 Å². The standard InChI is InChI=1S/C20H24O4/c1-11(21)24-12-3-4-13-14-7-8-20(2)17(5-6-19(20)23)15(14)10-18(22)16(13)9-12/h3-4,9,14-15,17,19,23H,5-8,10H2,1-2H3/t14?,15?,17?,19-,20-/m0/s1. The summed E-state index contributed by atoms with van der Waals surface area (Å²) >= 11 is 0. The van der Waals surface area contributed by atoms with Gasteiger partial charge in [0.1, 0.15) is 5.75 Å². The number of carbonyl (C=O) groups excluding carboxylic acids is 2. The van der Waals surface area contributed by atoms with Crippen molar-refractivity contribution in [1.82, 2.24) is 0 Å². The van der Waals surface area contributed by atoms with E-state index in [0.29, 0.717) is 29.9 Å². The molecule has 2 saturated carbocycles. The van der Waals surface area contributed by atoms with Gasteiger partial charge in [0.15, 0.2) is 5.78 Å². The van der Waals surface area contributed by atoms with Gasteiger partial charge in [-0.2, -0.15) is 0 Å². The smallest absolute Gasteiger partial charge is 0.308 e. The van der Waals surface area contributed by atoms with Crippen LogP contribution in [0.25, 0.3) is 0 Å². The molecule has 0 spiro atoms. The number of aliphatic hydroxyl groups is 1. The third-order valence-electron chi connectivity index (χ3n) is 6.79. The van der Waals surface area contributed by atoms with Crippen molar-refractivity contribution in [2.45, 2.75) is 58.0 Å². The molecule has 1 aromatic carbocycles. The molecule has 1 aromatic rings. The summed E-state index contributed by atoms with van der Waals surface area (Å²) in [5.41, 5.74) is 1.80. The Morgan fingerprint density at radius 1 is 1.29 bits per heavy atom. The molecule has 0 aromatic heterocycles. The van der Waals surface area contributed by atoms with Crippen LogP contribution in [0, 0.1) is 17.3 Å². The van der Waals surface area contributed by atoms with Gasteiger partial charge < -0.3 is 9.84 Å². The van der Waals surface area contributed by atoms with Crippen LogP contribution in [0.2, 0.25) is 0 Å². The summed E-state index contributed by atoms with van der Waals surface area (Å²) in [6, 6.07) is 5.50. The van der Waals surface area contributed by atoms with Crippen molar-refractivity contribution >= 4 is 11.8 Å². The second-order valence-corrected chi connectivity index (χ2v) is 7.98. The minimum Gasteiger partial charge on any atom is -0.427 e. The van der Waals surface area contributed by atoms with Gasteiger partial charge in [0.25, 0.3) is 0 Å². The van der Waals surface area contributed by atoms with Crippen LogP contribution >= 0.6 is 0 Å². The summed E-state index contributed by atoms with van der Waals surface area (Å²) in [6.07, 6.45) is 4.23. The second-order valence-electron chi connectivity index (χ2n) is 7.98. The lowest BCUT2D eigenvalue weighted by Gasteiger charge is -2.49. The molecule has 3 aliphatic rings. The Labute approximate surface area is 142 Å². The first-order chi connectivity index (χ1) is 11.4. The van der Waals surface area contributed by atoms with E-state index in [0.717, 1.165) is 36.8 Å². The highest BCUT2D eigenvalue weighted by atomic mass is 16.5. The number of fused-ring (bicyclic) bond motifs is 5. The number of ketones is 1. The molecule has 1 N–H and O–H groups in total. The number of hydrogen-bond donors (Lipinski definition) is 1. The Morgan fingerprint density at radius 3 is 2.83 bits per heavy atom. The molecule has 4 nitrogen and oxygen atoms in total. The predicted octanol–water partition coefficient (Wildman–Crippen LogP) is 3.47. The number of rotatable bonds is 1. The number of aliphatic hydroxyl groups excluding tert-OH is 1. The first kappa shape index (κ1) is 15.8. The molecule has 0 heterocycles. The third kappa shape index (κ3) is 2.23. The molecular formula is C20H24O4. The van der Waals surface area contributed by atoms with Crippen molar-refractivity contribution in [2.75, 3.05) is 0 Å². The van der Waals surface area contributed by atoms with E-state index in [1.54, 1.807) is 12.1 Å². The number of Topliss-reactive ketones (excluding diaryl/α,β-unsaturated/α-hetero) is 1. The lowest BCUT2D eigenvalue weighted by atomic mass is 9.55. The highest BCUT2D eigenvalue weighted by Crippen LogP contribution is 2.60. The van der Waals surface area contributed by atoms with Crippen LogP contribution in [0.1, 0.15) is 67.8 Å². The fourth-order valence-electron chi connectivity index (χ4n) is 5.58. The molecule has 4 rings (SSSR count). The molecular weight excluding hydrogens is 304 g/mol. The Hall–Kier alpha value is -1.68. The van der Waals surface area contributed by atoms with Crippen molar-refractivity contribution in [1.29, 1.82) is 0 Å². The topological polar surface area (TPSA) is 63.6 Å². The van der Waals surface area contributed by atoms with Gasteiger partial charge in [-0.25, -0.2) is 0 Å². The summed E-state index contributed by atoms with van der Waals surface area (Å²) in [5, 5.41) is 10.4. The Bertz CT molecular complexity index is 710. The zero-order valence-corrected chi connectivity index (χ0v) is 14.2. The molecule has 0 bridgehead atoms. The van der Waals surface area contributed by atoms with Crippen LogP contribution in [0.5, 0.6) is 5.75 Å². The first-order valence-electron chi connectivity index (χ1n) is 8.94. The van der Waals surface area contributed by atoms with Crippen molar-refractivity contribution in [3.8, 4) is 5.75 Å². The van der Waals surface area contributed by atoms with Gasteiger partial charge in [-0.1, -0.05) is 13.0 Å². The lowest BCUT2D eigenvalue weighted by molar-refractivity contribution is -0.131. The molecule has 3 unspecified atom stereocenters. The van der Waals surface area contributed by atoms with Gasteiger partial charge in [0.05, 0.1) is 6.10 Å². The minimum absolute atomic E-state index is 0.0311. The van der Waals surface area contributed by atoms with Crippen LogP contribution in [-0.4, -0.2) is 23.0 Å². The molecule has 24 heavy (non-hydrogen) atoms. The van der Waals surface area contributed by atoms with E-state index in [1.165, 1.54) is 6.92 Å². The van der Waals surface area contributed by atoms with E-state index >= 15 is 0 Å². The largest absolute Gasteiger partial charge is 0.427 e. The Morgan fingerprint density at radius 2 is 2.08 bits per heavy atom. The van der Waals surface area contributed by atoms with E-state index in [1.807, 2.05) is 6.07 Å². The molecule has 0 amide bonds. The van der Waals surface area contributed by atoms with E-state index in [4.69, 9.17) is 4.74 Å². The normalized spacial score (nSPS) is 37.4.